The van der Waals surface area contributed by atoms with Crippen molar-refractivity contribution in [3.05, 3.63) is 35.8 Å². The lowest BCUT2D eigenvalue weighted by Crippen LogP contribution is -2.17. The van der Waals surface area contributed by atoms with Crippen molar-refractivity contribution < 1.29 is 9.90 Å². The number of fused-ring (bicyclic) bond motifs is 1. The lowest BCUT2D eigenvalue weighted by Gasteiger charge is -2.16. The summed E-state index contributed by atoms with van der Waals surface area (Å²) >= 11 is 0. The van der Waals surface area contributed by atoms with E-state index in [-0.39, 0.29) is 5.56 Å². The van der Waals surface area contributed by atoms with Crippen LogP contribution in [0.5, 0.6) is 0 Å². The van der Waals surface area contributed by atoms with Gasteiger partial charge in [0.25, 0.3) is 0 Å². The molecular formula is C13H15N3O2. The van der Waals surface area contributed by atoms with Gasteiger partial charge in [0, 0.05) is 12.4 Å². The van der Waals surface area contributed by atoms with Gasteiger partial charge in [-0.05, 0) is 38.6 Å². The Bertz CT molecular complexity index is 605. The molecule has 1 fully saturated rings. The molecule has 0 spiro atoms. The fourth-order valence-electron chi connectivity index (χ4n) is 2.58. The first-order chi connectivity index (χ1) is 8.65. The Balaban J connectivity index is 2.02. The van der Waals surface area contributed by atoms with Crippen LogP contribution in [0.25, 0.3) is 5.65 Å². The fraction of sp³-hybridized carbons (Fsp3) is 0.385. The standard InChI is InChI=1S/C13H15N3O2/c1-15-5-2-3-11(15)10-8-16-6-4-9(13(17)18)7-12(16)14-10/h4,6-8,11H,2-3,5H2,1H3,(H,17,18). The molecule has 0 saturated carbocycles. The largest absolute Gasteiger partial charge is 0.478 e. The van der Waals surface area contributed by atoms with Crippen molar-refractivity contribution in [2.45, 2.75) is 18.9 Å². The van der Waals surface area contributed by atoms with Crippen LogP contribution in [0, 0.1) is 0 Å². The zero-order valence-corrected chi connectivity index (χ0v) is 10.2. The highest BCUT2D eigenvalue weighted by atomic mass is 16.4. The maximum atomic E-state index is 10.9. The summed E-state index contributed by atoms with van der Waals surface area (Å²) in [4.78, 5) is 17.8. The quantitative estimate of drug-likeness (QED) is 0.876. The molecule has 3 rings (SSSR count). The summed E-state index contributed by atoms with van der Waals surface area (Å²) in [5, 5.41) is 8.96. The predicted octanol–water partition coefficient (Wildman–Crippen LogP) is 1.80. The molecule has 0 aromatic carbocycles. The highest BCUT2D eigenvalue weighted by molar-refractivity contribution is 5.88. The Labute approximate surface area is 105 Å². The summed E-state index contributed by atoms with van der Waals surface area (Å²) < 4.78 is 1.88. The number of hydrogen-bond acceptors (Lipinski definition) is 3. The molecule has 0 radical (unpaired) electrons. The maximum absolute atomic E-state index is 10.9. The number of rotatable bonds is 2. The van der Waals surface area contributed by atoms with Crippen LogP contribution in [-0.4, -0.2) is 39.0 Å². The summed E-state index contributed by atoms with van der Waals surface area (Å²) in [7, 11) is 2.10. The average molecular weight is 245 g/mol. The monoisotopic (exact) mass is 245 g/mol. The minimum Gasteiger partial charge on any atom is -0.478 e. The zero-order valence-electron chi connectivity index (χ0n) is 10.2. The summed E-state index contributed by atoms with van der Waals surface area (Å²) in [6.45, 7) is 1.10. The van der Waals surface area contributed by atoms with E-state index in [1.807, 2.05) is 10.6 Å². The molecule has 1 aliphatic heterocycles. The van der Waals surface area contributed by atoms with E-state index in [9.17, 15) is 4.79 Å². The van der Waals surface area contributed by atoms with Crippen LogP contribution in [-0.2, 0) is 0 Å². The fourth-order valence-corrected chi connectivity index (χ4v) is 2.58. The van der Waals surface area contributed by atoms with Gasteiger partial charge in [-0.25, -0.2) is 9.78 Å². The van der Waals surface area contributed by atoms with Gasteiger partial charge >= 0.3 is 5.97 Å². The molecule has 18 heavy (non-hydrogen) atoms. The van der Waals surface area contributed by atoms with Crippen molar-refractivity contribution in [2.24, 2.45) is 0 Å². The molecule has 1 aliphatic rings. The van der Waals surface area contributed by atoms with Gasteiger partial charge in [-0.15, -0.1) is 0 Å². The minimum absolute atomic E-state index is 0.277. The van der Waals surface area contributed by atoms with Gasteiger partial charge in [0.2, 0.25) is 0 Å². The van der Waals surface area contributed by atoms with Crippen LogP contribution in [0.3, 0.4) is 0 Å². The molecule has 0 amide bonds. The first-order valence-electron chi connectivity index (χ1n) is 6.07. The smallest absolute Gasteiger partial charge is 0.335 e. The lowest BCUT2D eigenvalue weighted by atomic mass is 10.2. The van der Waals surface area contributed by atoms with Gasteiger partial charge in [0.15, 0.2) is 0 Å². The van der Waals surface area contributed by atoms with Gasteiger partial charge < -0.3 is 9.51 Å². The van der Waals surface area contributed by atoms with Crippen molar-refractivity contribution in [3.63, 3.8) is 0 Å². The van der Waals surface area contributed by atoms with E-state index in [0.717, 1.165) is 18.7 Å². The number of pyridine rings is 1. The van der Waals surface area contributed by atoms with Crippen LogP contribution in [0.15, 0.2) is 24.5 Å². The topological polar surface area (TPSA) is 57.8 Å². The molecular weight excluding hydrogens is 230 g/mol. The number of carboxylic acid groups (broad SMARTS) is 1. The predicted molar refractivity (Wildman–Crippen MR) is 66.8 cm³/mol. The normalized spacial score (nSPS) is 20.6. The second kappa shape index (κ2) is 4.10. The third-order valence-corrected chi connectivity index (χ3v) is 3.59. The van der Waals surface area contributed by atoms with Gasteiger partial charge in [-0.2, -0.15) is 0 Å². The van der Waals surface area contributed by atoms with Crippen molar-refractivity contribution in [3.8, 4) is 0 Å². The van der Waals surface area contributed by atoms with Gasteiger partial charge in [0.05, 0.1) is 17.3 Å². The summed E-state index contributed by atoms with van der Waals surface area (Å²) in [5.74, 6) is -0.917. The Hall–Kier alpha value is -1.88. The Kier molecular flexibility index (Phi) is 2.56. The molecule has 1 N–H and O–H groups in total. The molecule has 3 heterocycles. The summed E-state index contributed by atoms with van der Waals surface area (Å²) in [5.41, 5.74) is 2.00. The van der Waals surface area contributed by atoms with Gasteiger partial charge in [-0.3, -0.25) is 4.90 Å². The van der Waals surface area contributed by atoms with Crippen LogP contribution < -0.4 is 0 Å². The molecule has 2 aromatic rings. The van der Waals surface area contributed by atoms with E-state index >= 15 is 0 Å². The Morgan fingerprint density at radius 1 is 1.56 bits per heavy atom. The number of aromatic carboxylic acids is 1. The van der Waals surface area contributed by atoms with Crippen LogP contribution in [0.2, 0.25) is 0 Å². The van der Waals surface area contributed by atoms with E-state index in [1.165, 1.54) is 6.42 Å². The van der Waals surface area contributed by atoms with Crippen molar-refractivity contribution >= 4 is 11.6 Å². The molecule has 1 unspecified atom stereocenters. The van der Waals surface area contributed by atoms with E-state index < -0.39 is 5.97 Å². The van der Waals surface area contributed by atoms with Crippen LogP contribution in [0.4, 0.5) is 0 Å². The number of carboxylic acids is 1. The number of imidazole rings is 1. The Morgan fingerprint density at radius 3 is 3.06 bits per heavy atom. The highest BCUT2D eigenvalue weighted by Crippen LogP contribution is 2.29. The third kappa shape index (κ3) is 1.76. The van der Waals surface area contributed by atoms with Gasteiger partial charge in [0.1, 0.15) is 5.65 Å². The minimum atomic E-state index is -0.917. The Morgan fingerprint density at radius 2 is 2.39 bits per heavy atom. The van der Waals surface area contributed by atoms with E-state index in [2.05, 4.69) is 16.9 Å². The van der Waals surface area contributed by atoms with Gasteiger partial charge in [-0.1, -0.05) is 0 Å². The molecule has 5 heteroatoms. The average Bonchev–Trinajstić information content (AvgIpc) is 2.92. The molecule has 0 bridgehead atoms. The first-order valence-corrected chi connectivity index (χ1v) is 6.07. The van der Waals surface area contributed by atoms with Crippen molar-refractivity contribution in [1.29, 1.82) is 0 Å². The third-order valence-electron chi connectivity index (χ3n) is 3.59. The number of likely N-dealkylation sites (tertiary alicyclic amines) is 1. The maximum Gasteiger partial charge on any atom is 0.335 e. The lowest BCUT2D eigenvalue weighted by molar-refractivity contribution is 0.0697. The molecule has 94 valence electrons. The summed E-state index contributed by atoms with van der Waals surface area (Å²) in [6.07, 6.45) is 6.05. The van der Waals surface area contributed by atoms with Crippen LogP contribution in [0.1, 0.15) is 34.9 Å². The molecule has 5 nitrogen and oxygen atoms in total. The number of nitrogens with zero attached hydrogens (tertiary/aromatic N) is 3. The number of carbonyl (C=O) groups is 1. The second-order valence-corrected chi connectivity index (χ2v) is 4.79. The molecule has 1 saturated heterocycles. The summed E-state index contributed by atoms with van der Waals surface area (Å²) in [6, 6.07) is 3.57. The van der Waals surface area contributed by atoms with E-state index in [1.54, 1.807) is 18.3 Å². The molecule has 1 atom stereocenters. The second-order valence-electron chi connectivity index (χ2n) is 4.79. The number of aromatic nitrogens is 2. The zero-order chi connectivity index (χ0) is 12.7. The molecule has 0 aliphatic carbocycles. The SMILES string of the molecule is CN1CCCC1c1cn2ccc(C(=O)O)cc2n1. The van der Waals surface area contributed by atoms with Crippen molar-refractivity contribution in [1.82, 2.24) is 14.3 Å². The molecule has 2 aromatic heterocycles. The number of hydrogen-bond donors (Lipinski definition) is 1. The van der Waals surface area contributed by atoms with E-state index in [0.29, 0.717) is 11.7 Å². The first kappa shape index (κ1) is 11.2. The van der Waals surface area contributed by atoms with Crippen LogP contribution >= 0.6 is 0 Å². The van der Waals surface area contributed by atoms with E-state index in [4.69, 9.17) is 5.11 Å². The highest BCUT2D eigenvalue weighted by Gasteiger charge is 2.24. The van der Waals surface area contributed by atoms with Crippen molar-refractivity contribution in [2.75, 3.05) is 13.6 Å².